The highest BCUT2D eigenvalue weighted by molar-refractivity contribution is 9.10. The molecule has 2 amide bonds. The molecule has 1 aliphatic rings. The molecule has 7 heteroatoms. The van der Waals surface area contributed by atoms with Gasteiger partial charge in [-0.1, -0.05) is 15.9 Å². The maximum Gasteiger partial charge on any atom is 0.317 e. The van der Waals surface area contributed by atoms with Crippen LogP contribution in [0.25, 0.3) is 0 Å². The number of carbonyl (C=O) groups is 1. The highest BCUT2D eigenvalue weighted by Crippen LogP contribution is 2.33. The van der Waals surface area contributed by atoms with Crippen LogP contribution in [-0.4, -0.2) is 38.8 Å². The molecule has 6 nitrogen and oxygen atoms in total. The molecule has 0 aromatic heterocycles. The average molecular weight is 435 g/mol. The largest absolute Gasteiger partial charge is 0.496 e. The second-order valence-corrected chi connectivity index (χ2v) is 7.18. The van der Waals surface area contributed by atoms with Gasteiger partial charge in [0.2, 0.25) is 0 Å². The van der Waals surface area contributed by atoms with Gasteiger partial charge in [-0.3, -0.25) is 0 Å². The van der Waals surface area contributed by atoms with E-state index < -0.39 is 0 Å². The summed E-state index contributed by atoms with van der Waals surface area (Å²) in [5.41, 5.74) is 3.18. The fraction of sp³-hybridized carbons (Fsp3) is 0.350. The lowest BCUT2D eigenvalue weighted by atomic mass is 9.99. The smallest absolute Gasteiger partial charge is 0.317 e. The van der Waals surface area contributed by atoms with Crippen LogP contribution in [0.15, 0.2) is 34.8 Å². The summed E-state index contributed by atoms with van der Waals surface area (Å²) < 4.78 is 17.0. The molecule has 1 aliphatic heterocycles. The summed E-state index contributed by atoms with van der Waals surface area (Å²) in [6.45, 7) is 1.60. The Hall–Kier alpha value is -2.41. The van der Waals surface area contributed by atoms with E-state index in [0.29, 0.717) is 25.4 Å². The van der Waals surface area contributed by atoms with Gasteiger partial charge >= 0.3 is 6.03 Å². The third-order valence-electron chi connectivity index (χ3n) is 4.68. The maximum atomic E-state index is 12.6. The third-order valence-corrected chi connectivity index (χ3v) is 5.17. The van der Waals surface area contributed by atoms with E-state index in [4.69, 9.17) is 14.2 Å². The minimum Gasteiger partial charge on any atom is -0.496 e. The first-order chi connectivity index (χ1) is 13.0. The minimum atomic E-state index is -0.0996. The van der Waals surface area contributed by atoms with Crippen LogP contribution in [0.1, 0.15) is 16.7 Å². The van der Waals surface area contributed by atoms with Gasteiger partial charge in [-0.15, -0.1) is 0 Å². The van der Waals surface area contributed by atoms with Gasteiger partial charge < -0.3 is 24.4 Å². The number of amides is 2. The van der Waals surface area contributed by atoms with Crippen molar-refractivity contribution < 1.29 is 19.0 Å². The Balaban J connectivity index is 1.68. The van der Waals surface area contributed by atoms with E-state index in [9.17, 15) is 4.79 Å². The van der Waals surface area contributed by atoms with Gasteiger partial charge in [0, 0.05) is 29.7 Å². The van der Waals surface area contributed by atoms with E-state index in [1.54, 1.807) is 26.2 Å². The van der Waals surface area contributed by atoms with Crippen molar-refractivity contribution in [2.75, 3.05) is 27.9 Å². The van der Waals surface area contributed by atoms with Crippen molar-refractivity contribution in [3.8, 4) is 17.2 Å². The Morgan fingerprint density at radius 3 is 2.37 bits per heavy atom. The first-order valence-corrected chi connectivity index (χ1v) is 9.44. The highest BCUT2D eigenvalue weighted by atomic mass is 79.9. The van der Waals surface area contributed by atoms with Crippen molar-refractivity contribution in [1.82, 2.24) is 10.2 Å². The number of nitrogens with one attached hydrogen (secondary N) is 1. The first kappa shape index (κ1) is 19.4. The van der Waals surface area contributed by atoms with E-state index in [1.807, 2.05) is 30.3 Å². The van der Waals surface area contributed by atoms with Crippen molar-refractivity contribution in [1.29, 1.82) is 0 Å². The lowest BCUT2D eigenvalue weighted by molar-refractivity contribution is 0.191. The highest BCUT2D eigenvalue weighted by Gasteiger charge is 2.23. The standard InChI is InChI=1S/C20H23BrN2O4/c1-25-17-5-4-16(21)8-14(17)11-22-20(24)23-7-6-13-9-18(26-2)19(27-3)10-15(13)12-23/h4-5,8-10H,6-7,11-12H2,1-3H3,(H,22,24). The number of ether oxygens (including phenoxy) is 3. The summed E-state index contributed by atoms with van der Waals surface area (Å²) in [5, 5.41) is 2.98. The van der Waals surface area contributed by atoms with E-state index in [2.05, 4.69) is 21.2 Å². The zero-order chi connectivity index (χ0) is 19.4. The summed E-state index contributed by atoms with van der Waals surface area (Å²) >= 11 is 3.45. The summed E-state index contributed by atoms with van der Waals surface area (Å²) in [6.07, 6.45) is 0.781. The molecule has 0 bridgehead atoms. The fourth-order valence-corrected chi connectivity index (χ4v) is 3.63. The molecule has 2 aromatic rings. The van der Waals surface area contributed by atoms with Crippen LogP contribution in [0.4, 0.5) is 4.79 Å². The zero-order valence-corrected chi connectivity index (χ0v) is 17.3. The molecule has 2 aromatic carbocycles. The van der Waals surface area contributed by atoms with Crippen LogP contribution in [0, 0.1) is 0 Å². The second kappa shape index (κ2) is 8.52. The van der Waals surface area contributed by atoms with Gasteiger partial charge in [-0.05, 0) is 47.9 Å². The number of urea groups is 1. The minimum absolute atomic E-state index is 0.0996. The number of fused-ring (bicyclic) bond motifs is 1. The van der Waals surface area contributed by atoms with Crippen LogP contribution in [0.5, 0.6) is 17.2 Å². The number of benzene rings is 2. The van der Waals surface area contributed by atoms with Gasteiger partial charge in [0.05, 0.1) is 21.3 Å². The number of halogens is 1. The monoisotopic (exact) mass is 434 g/mol. The topological polar surface area (TPSA) is 60.0 Å². The number of rotatable bonds is 5. The number of hydrogen-bond donors (Lipinski definition) is 1. The van der Waals surface area contributed by atoms with E-state index in [1.165, 1.54) is 5.56 Å². The molecule has 1 N–H and O–H groups in total. The lowest BCUT2D eigenvalue weighted by Gasteiger charge is -2.29. The molecule has 0 unspecified atom stereocenters. The van der Waals surface area contributed by atoms with Gasteiger partial charge in [-0.25, -0.2) is 4.79 Å². The predicted octanol–water partition coefficient (Wildman–Crippen LogP) is 3.74. The van der Waals surface area contributed by atoms with E-state index in [-0.39, 0.29) is 6.03 Å². The molecule has 144 valence electrons. The fourth-order valence-electron chi connectivity index (χ4n) is 3.22. The summed E-state index contributed by atoms with van der Waals surface area (Å²) in [4.78, 5) is 14.5. The molecule has 1 heterocycles. The normalized spacial score (nSPS) is 13.0. The third kappa shape index (κ3) is 4.30. The molecule has 0 atom stereocenters. The predicted molar refractivity (Wildman–Crippen MR) is 107 cm³/mol. The van der Waals surface area contributed by atoms with Crippen LogP contribution in [0.3, 0.4) is 0 Å². The van der Waals surface area contributed by atoms with Gasteiger partial charge in [0.25, 0.3) is 0 Å². The van der Waals surface area contributed by atoms with Crippen molar-refractivity contribution >= 4 is 22.0 Å². The molecular formula is C20H23BrN2O4. The van der Waals surface area contributed by atoms with Crippen LogP contribution >= 0.6 is 15.9 Å². The number of nitrogens with zero attached hydrogens (tertiary/aromatic N) is 1. The van der Waals surface area contributed by atoms with Gasteiger partial charge in [0.15, 0.2) is 11.5 Å². The Kier molecular flexibility index (Phi) is 6.11. The van der Waals surface area contributed by atoms with E-state index in [0.717, 1.165) is 33.5 Å². The van der Waals surface area contributed by atoms with Crippen LogP contribution in [0.2, 0.25) is 0 Å². The summed E-state index contributed by atoms with van der Waals surface area (Å²) in [6, 6.07) is 9.58. The number of hydrogen-bond acceptors (Lipinski definition) is 4. The van der Waals surface area contributed by atoms with Crippen molar-refractivity contribution in [3.05, 3.63) is 51.5 Å². The van der Waals surface area contributed by atoms with Crippen molar-refractivity contribution in [2.45, 2.75) is 19.5 Å². The van der Waals surface area contributed by atoms with Crippen molar-refractivity contribution in [2.24, 2.45) is 0 Å². The summed E-state index contributed by atoms with van der Waals surface area (Å²) in [5.74, 6) is 2.15. The molecule has 0 saturated heterocycles. The maximum absolute atomic E-state index is 12.6. The van der Waals surface area contributed by atoms with Crippen LogP contribution in [-0.2, 0) is 19.5 Å². The first-order valence-electron chi connectivity index (χ1n) is 8.64. The average Bonchev–Trinajstić information content (AvgIpc) is 2.70. The molecule has 0 saturated carbocycles. The number of carbonyl (C=O) groups excluding carboxylic acids is 1. The Morgan fingerprint density at radius 1 is 1.04 bits per heavy atom. The molecule has 0 spiro atoms. The van der Waals surface area contributed by atoms with Gasteiger partial charge in [0.1, 0.15) is 5.75 Å². The molecular weight excluding hydrogens is 412 g/mol. The van der Waals surface area contributed by atoms with Gasteiger partial charge in [-0.2, -0.15) is 0 Å². The Labute approximate surface area is 167 Å². The molecule has 0 fully saturated rings. The van der Waals surface area contributed by atoms with Crippen molar-refractivity contribution in [3.63, 3.8) is 0 Å². The Morgan fingerprint density at radius 2 is 1.70 bits per heavy atom. The second-order valence-electron chi connectivity index (χ2n) is 6.26. The quantitative estimate of drug-likeness (QED) is 0.778. The SMILES string of the molecule is COc1ccc(Br)cc1CNC(=O)N1CCc2cc(OC)c(OC)cc2C1. The Bertz CT molecular complexity index is 841. The molecule has 0 radical (unpaired) electrons. The molecule has 0 aliphatic carbocycles. The number of methoxy groups -OCH3 is 3. The molecule has 3 rings (SSSR count). The summed E-state index contributed by atoms with van der Waals surface area (Å²) in [7, 11) is 4.86. The molecule has 27 heavy (non-hydrogen) atoms. The lowest BCUT2D eigenvalue weighted by Crippen LogP contribution is -2.42. The van der Waals surface area contributed by atoms with Crippen LogP contribution < -0.4 is 19.5 Å². The van der Waals surface area contributed by atoms with E-state index >= 15 is 0 Å². The zero-order valence-electron chi connectivity index (χ0n) is 15.7.